The molecule has 0 aromatic heterocycles. The van der Waals surface area contributed by atoms with Gasteiger partial charge in [-0.25, -0.2) is 0 Å². The standard InChI is InChI=1S/C16H16N.BrH.Mg/c1-2-6-14(7-3-1)12-17-11-10-15-8-4-5-9-16(15)13-17;;/h2-9H,10-13H2;1H;/q-1;;+2/p-1. The van der Waals surface area contributed by atoms with Crippen molar-refractivity contribution < 1.29 is 17.0 Å². The third-order valence-corrected chi connectivity index (χ3v) is 3.40. The molecule has 94 valence electrons. The van der Waals surface area contributed by atoms with Crippen LogP contribution in [0.1, 0.15) is 16.7 Å². The molecule has 2 aromatic rings. The van der Waals surface area contributed by atoms with Crippen LogP contribution in [0, 0.1) is 6.07 Å². The topological polar surface area (TPSA) is 3.24 Å². The van der Waals surface area contributed by atoms with Crippen LogP contribution in [-0.2, 0) is 19.5 Å². The van der Waals surface area contributed by atoms with E-state index in [1.165, 1.54) is 23.1 Å². The van der Waals surface area contributed by atoms with Gasteiger partial charge in [-0.1, -0.05) is 24.3 Å². The Bertz CT molecular complexity index is 501. The fraction of sp³-hybridized carbons (Fsp3) is 0.250. The second-order valence-corrected chi connectivity index (χ2v) is 4.64. The molecule has 0 fully saturated rings. The molecule has 0 atom stereocenters. The van der Waals surface area contributed by atoms with Crippen LogP contribution in [0.4, 0.5) is 0 Å². The summed E-state index contributed by atoms with van der Waals surface area (Å²) in [5.41, 5.74) is 4.38. The number of hydrogen-bond acceptors (Lipinski definition) is 1. The monoisotopic (exact) mass is 325 g/mol. The van der Waals surface area contributed by atoms with Gasteiger partial charge >= 0.3 is 23.1 Å². The van der Waals surface area contributed by atoms with Gasteiger partial charge in [0.15, 0.2) is 0 Å². The van der Waals surface area contributed by atoms with Gasteiger partial charge in [0.05, 0.1) is 0 Å². The van der Waals surface area contributed by atoms with Gasteiger partial charge in [-0.15, -0.1) is 5.56 Å². The van der Waals surface area contributed by atoms with Crippen LogP contribution in [0.15, 0.2) is 48.5 Å². The predicted molar refractivity (Wildman–Crippen MR) is 75.3 cm³/mol. The summed E-state index contributed by atoms with van der Waals surface area (Å²) in [6.45, 7) is 3.29. The molecule has 0 unspecified atom stereocenters. The molecule has 0 spiro atoms. The van der Waals surface area contributed by atoms with E-state index in [9.17, 15) is 0 Å². The number of nitrogens with zero attached hydrogens (tertiary/aromatic N) is 1. The molecule has 1 nitrogen and oxygen atoms in total. The van der Waals surface area contributed by atoms with Gasteiger partial charge in [0.1, 0.15) is 0 Å². The van der Waals surface area contributed by atoms with Crippen LogP contribution in [0.3, 0.4) is 0 Å². The molecule has 0 aliphatic carbocycles. The minimum atomic E-state index is 0. The molecule has 0 saturated heterocycles. The maximum absolute atomic E-state index is 3.07. The SMILES string of the molecule is [Br-].[Mg+2].[c-]1ccc(CN2CCc3ccccc3C2)cc1. The molecule has 0 amide bonds. The molecule has 0 radical (unpaired) electrons. The summed E-state index contributed by atoms with van der Waals surface area (Å²) < 4.78 is 0. The first kappa shape index (κ1) is 16.7. The molecule has 2 aromatic carbocycles. The first-order valence-corrected chi connectivity index (χ1v) is 6.16. The smallest absolute Gasteiger partial charge is 1.00 e. The zero-order valence-electron chi connectivity index (χ0n) is 11.0. The Morgan fingerprint density at radius 1 is 1.00 bits per heavy atom. The summed E-state index contributed by atoms with van der Waals surface area (Å²) in [4.78, 5) is 2.51. The van der Waals surface area contributed by atoms with Crippen molar-refractivity contribution in [3.63, 3.8) is 0 Å². The fourth-order valence-corrected chi connectivity index (χ4v) is 2.47. The van der Waals surface area contributed by atoms with Crippen LogP contribution >= 0.6 is 0 Å². The summed E-state index contributed by atoms with van der Waals surface area (Å²) in [6, 6.07) is 20.1. The molecule has 1 heterocycles. The van der Waals surface area contributed by atoms with E-state index < -0.39 is 0 Å². The van der Waals surface area contributed by atoms with Crippen LogP contribution in [0.25, 0.3) is 0 Å². The molecule has 1 aliphatic heterocycles. The van der Waals surface area contributed by atoms with Crippen molar-refractivity contribution in [2.45, 2.75) is 19.5 Å². The van der Waals surface area contributed by atoms with E-state index in [4.69, 9.17) is 0 Å². The maximum atomic E-state index is 3.07. The van der Waals surface area contributed by atoms with E-state index in [0.717, 1.165) is 19.6 Å². The minimum absolute atomic E-state index is 0. The summed E-state index contributed by atoms with van der Waals surface area (Å²) in [5, 5.41) is 0. The molecular formula is C16H16BrMgN. The zero-order valence-corrected chi connectivity index (χ0v) is 14.0. The quantitative estimate of drug-likeness (QED) is 0.540. The summed E-state index contributed by atoms with van der Waals surface area (Å²) in [7, 11) is 0. The van der Waals surface area contributed by atoms with Crippen molar-refractivity contribution in [2.75, 3.05) is 6.54 Å². The average molecular weight is 327 g/mol. The molecule has 0 N–H and O–H groups in total. The molecule has 3 heteroatoms. The maximum Gasteiger partial charge on any atom is 2.00 e. The van der Waals surface area contributed by atoms with Gasteiger partial charge in [0, 0.05) is 19.6 Å². The Morgan fingerprint density at radius 3 is 2.42 bits per heavy atom. The molecule has 0 bridgehead atoms. The van der Waals surface area contributed by atoms with E-state index >= 15 is 0 Å². The van der Waals surface area contributed by atoms with E-state index in [1.807, 2.05) is 12.1 Å². The predicted octanol–water partition coefficient (Wildman–Crippen LogP) is -0.332. The minimum Gasteiger partial charge on any atom is -1.00 e. The van der Waals surface area contributed by atoms with Crippen LogP contribution in [0.2, 0.25) is 0 Å². The number of fused-ring (bicyclic) bond motifs is 1. The van der Waals surface area contributed by atoms with E-state index in [-0.39, 0.29) is 40.0 Å². The van der Waals surface area contributed by atoms with E-state index in [2.05, 4.69) is 47.4 Å². The molecule has 19 heavy (non-hydrogen) atoms. The Kier molecular flexibility index (Phi) is 7.08. The van der Waals surface area contributed by atoms with Crippen molar-refractivity contribution in [1.82, 2.24) is 4.90 Å². The second kappa shape index (κ2) is 8.05. The third kappa shape index (κ3) is 4.31. The normalized spacial score (nSPS) is 13.9. The van der Waals surface area contributed by atoms with Crippen LogP contribution in [-0.4, -0.2) is 34.5 Å². The number of rotatable bonds is 2. The van der Waals surface area contributed by atoms with Gasteiger partial charge in [0.25, 0.3) is 0 Å². The number of halogens is 1. The Balaban J connectivity index is 0.000000902. The number of benzene rings is 2. The Hall–Kier alpha value is -0.354. The van der Waals surface area contributed by atoms with Crippen LogP contribution in [0.5, 0.6) is 0 Å². The van der Waals surface area contributed by atoms with Crippen molar-refractivity contribution in [1.29, 1.82) is 0 Å². The first-order valence-electron chi connectivity index (χ1n) is 6.16. The number of hydrogen-bond donors (Lipinski definition) is 0. The van der Waals surface area contributed by atoms with Crippen LogP contribution < -0.4 is 17.0 Å². The van der Waals surface area contributed by atoms with Gasteiger partial charge in [-0.3, -0.25) is 4.90 Å². The molecule has 1 aliphatic rings. The molecule has 0 saturated carbocycles. The largest absolute Gasteiger partial charge is 2.00 e. The first-order chi connectivity index (χ1) is 8.42. The zero-order chi connectivity index (χ0) is 11.5. The average Bonchev–Trinajstić information content (AvgIpc) is 2.40. The fourth-order valence-electron chi connectivity index (χ4n) is 2.47. The summed E-state index contributed by atoms with van der Waals surface area (Å²) >= 11 is 0. The molecule has 3 rings (SSSR count). The second-order valence-electron chi connectivity index (χ2n) is 4.64. The van der Waals surface area contributed by atoms with Crippen molar-refractivity contribution >= 4 is 23.1 Å². The van der Waals surface area contributed by atoms with Crippen molar-refractivity contribution in [2.24, 2.45) is 0 Å². The summed E-state index contributed by atoms with van der Waals surface area (Å²) in [6.07, 6.45) is 1.18. The van der Waals surface area contributed by atoms with Gasteiger partial charge in [-0.05, 0) is 17.5 Å². The van der Waals surface area contributed by atoms with Crippen molar-refractivity contribution in [3.8, 4) is 0 Å². The van der Waals surface area contributed by atoms with E-state index in [0.29, 0.717) is 0 Å². The summed E-state index contributed by atoms with van der Waals surface area (Å²) in [5.74, 6) is 0. The molecular weight excluding hydrogens is 310 g/mol. The van der Waals surface area contributed by atoms with Gasteiger partial charge in [-0.2, -0.15) is 30.3 Å². The van der Waals surface area contributed by atoms with Crippen molar-refractivity contribution in [3.05, 3.63) is 71.3 Å². The Morgan fingerprint density at radius 2 is 1.68 bits per heavy atom. The van der Waals surface area contributed by atoms with Gasteiger partial charge < -0.3 is 17.0 Å². The van der Waals surface area contributed by atoms with Gasteiger partial charge in [0.2, 0.25) is 0 Å². The van der Waals surface area contributed by atoms with E-state index in [1.54, 1.807) is 0 Å². The Labute approximate surface area is 141 Å². The third-order valence-electron chi connectivity index (χ3n) is 3.40.